The van der Waals surface area contributed by atoms with Crippen LogP contribution in [-0.2, 0) is 20.1 Å². The first-order chi connectivity index (χ1) is 16.9. The molecule has 0 saturated carbocycles. The standard InChI is InChI=1S/C25H24BrN3O5S/c1-28-24-20(23(31)29(25(28)32)10-11-34-18-8-6-17(26)7-9-18)13-22(35-24)21(30)15-27-14-16-4-3-5-19(12-16)33-2/h3-9,12-13,27H,10-11,14-15H2,1-2H3. The minimum atomic E-state index is -0.445. The van der Waals surface area contributed by atoms with Crippen LogP contribution in [0.4, 0.5) is 0 Å². The van der Waals surface area contributed by atoms with Crippen LogP contribution in [0.3, 0.4) is 0 Å². The average molecular weight is 558 g/mol. The normalized spacial score (nSPS) is 11.1. The third-order valence-corrected chi connectivity index (χ3v) is 7.21. The van der Waals surface area contributed by atoms with Crippen molar-refractivity contribution in [2.75, 3.05) is 20.3 Å². The number of carbonyl (C=O) groups excluding carboxylic acids is 1. The summed E-state index contributed by atoms with van der Waals surface area (Å²) in [7, 11) is 3.20. The zero-order chi connectivity index (χ0) is 24.9. The lowest BCUT2D eigenvalue weighted by molar-refractivity contribution is 0.0994. The molecule has 4 rings (SSSR count). The number of thiophene rings is 1. The molecular formula is C25H24BrN3O5S. The van der Waals surface area contributed by atoms with Crippen LogP contribution in [-0.4, -0.2) is 35.2 Å². The highest BCUT2D eigenvalue weighted by Gasteiger charge is 2.17. The number of aryl methyl sites for hydroxylation is 1. The van der Waals surface area contributed by atoms with Crippen LogP contribution in [0.25, 0.3) is 10.2 Å². The van der Waals surface area contributed by atoms with Gasteiger partial charge in [-0.1, -0.05) is 28.1 Å². The molecule has 0 aliphatic carbocycles. The molecule has 2 aromatic heterocycles. The monoisotopic (exact) mass is 557 g/mol. The van der Waals surface area contributed by atoms with Gasteiger partial charge in [-0.2, -0.15) is 0 Å². The Morgan fingerprint density at radius 1 is 1.09 bits per heavy atom. The van der Waals surface area contributed by atoms with Crippen LogP contribution in [0, 0.1) is 0 Å². The van der Waals surface area contributed by atoms with Crippen molar-refractivity contribution in [3.05, 3.63) is 90.3 Å². The number of ether oxygens (including phenoxy) is 2. The van der Waals surface area contributed by atoms with Gasteiger partial charge in [0.05, 0.1) is 30.5 Å². The highest BCUT2D eigenvalue weighted by atomic mass is 79.9. The summed E-state index contributed by atoms with van der Waals surface area (Å²) in [5.74, 6) is 1.25. The molecule has 8 nitrogen and oxygen atoms in total. The molecule has 0 atom stereocenters. The van der Waals surface area contributed by atoms with Gasteiger partial charge in [0, 0.05) is 18.1 Å². The van der Waals surface area contributed by atoms with Crippen LogP contribution < -0.4 is 26.0 Å². The van der Waals surface area contributed by atoms with Gasteiger partial charge in [0.2, 0.25) is 0 Å². The number of methoxy groups -OCH3 is 1. The lowest BCUT2D eigenvalue weighted by Crippen LogP contribution is -2.39. The first-order valence-corrected chi connectivity index (χ1v) is 12.5. The van der Waals surface area contributed by atoms with Crippen molar-refractivity contribution in [2.45, 2.75) is 13.1 Å². The molecule has 2 heterocycles. The molecule has 0 aliphatic rings. The van der Waals surface area contributed by atoms with E-state index in [1.807, 2.05) is 36.4 Å². The Balaban J connectivity index is 1.46. The van der Waals surface area contributed by atoms with Gasteiger partial charge in [-0.25, -0.2) is 4.79 Å². The first kappa shape index (κ1) is 24.9. The number of benzene rings is 2. The minimum absolute atomic E-state index is 0.0960. The summed E-state index contributed by atoms with van der Waals surface area (Å²) < 4.78 is 14.4. The summed E-state index contributed by atoms with van der Waals surface area (Å²) >= 11 is 4.51. The Morgan fingerprint density at radius 3 is 2.60 bits per heavy atom. The van der Waals surface area contributed by atoms with E-state index in [2.05, 4.69) is 21.2 Å². The van der Waals surface area contributed by atoms with E-state index >= 15 is 0 Å². The van der Waals surface area contributed by atoms with E-state index in [0.717, 1.165) is 31.7 Å². The Kier molecular flexibility index (Phi) is 7.84. The van der Waals surface area contributed by atoms with Crippen molar-refractivity contribution < 1.29 is 14.3 Å². The fourth-order valence-corrected chi connectivity index (χ4v) is 4.90. The maximum Gasteiger partial charge on any atom is 0.331 e. The second kappa shape index (κ2) is 11.0. The molecule has 182 valence electrons. The van der Waals surface area contributed by atoms with Crippen LogP contribution >= 0.6 is 27.3 Å². The van der Waals surface area contributed by atoms with Crippen LogP contribution in [0.2, 0.25) is 0 Å². The summed E-state index contributed by atoms with van der Waals surface area (Å²) in [5, 5.41) is 3.47. The number of Topliss-reactive ketones (excluding diaryl/α,β-unsaturated/α-hetero) is 1. The van der Waals surface area contributed by atoms with Crippen molar-refractivity contribution in [3.63, 3.8) is 0 Å². The number of hydrogen-bond donors (Lipinski definition) is 1. The summed E-state index contributed by atoms with van der Waals surface area (Å²) in [5.41, 5.74) is 0.116. The molecule has 4 aromatic rings. The highest BCUT2D eigenvalue weighted by Crippen LogP contribution is 2.22. The Hall–Kier alpha value is -3.21. The van der Waals surface area contributed by atoms with Crippen molar-refractivity contribution in [1.82, 2.24) is 14.5 Å². The van der Waals surface area contributed by atoms with Crippen molar-refractivity contribution in [2.24, 2.45) is 7.05 Å². The number of halogens is 1. The van der Waals surface area contributed by atoms with Crippen molar-refractivity contribution in [1.29, 1.82) is 0 Å². The SMILES string of the molecule is COc1cccc(CNCC(=O)c2cc3c(=O)n(CCOc4ccc(Br)cc4)c(=O)n(C)c3s2)c1. The molecule has 0 saturated heterocycles. The van der Waals surface area contributed by atoms with Crippen LogP contribution in [0.15, 0.2) is 68.7 Å². The molecular weight excluding hydrogens is 534 g/mol. The van der Waals surface area contributed by atoms with Crippen LogP contribution in [0.1, 0.15) is 15.2 Å². The second-order valence-electron chi connectivity index (χ2n) is 7.81. The number of fused-ring (bicyclic) bond motifs is 1. The number of carbonyl (C=O) groups is 1. The van der Waals surface area contributed by atoms with Gasteiger partial charge in [0.15, 0.2) is 5.78 Å². The third kappa shape index (κ3) is 5.72. The first-order valence-electron chi connectivity index (χ1n) is 10.9. The van der Waals surface area contributed by atoms with E-state index in [1.165, 1.54) is 4.57 Å². The van der Waals surface area contributed by atoms with Gasteiger partial charge in [0.1, 0.15) is 22.9 Å². The molecule has 0 unspecified atom stereocenters. The average Bonchev–Trinajstić information content (AvgIpc) is 3.32. The minimum Gasteiger partial charge on any atom is -0.497 e. The number of nitrogens with one attached hydrogen (secondary N) is 1. The van der Waals surface area contributed by atoms with E-state index in [1.54, 1.807) is 32.4 Å². The largest absolute Gasteiger partial charge is 0.497 e. The molecule has 0 radical (unpaired) electrons. The molecule has 35 heavy (non-hydrogen) atoms. The van der Waals surface area contributed by atoms with Gasteiger partial charge in [-0.05, 0) is 48.0 Å². The topological polar surface area (TPSA) is 91.6 Å². The molecule has 0 fully saturated rings. The van der Waals surface area contributed by atoms with Gasteiger partial charge >= 0.3 is 5.69 Å². The predicted octanol–water partition coefficient (Wildman–Crippen LogP) is 3.58. The van der Waals surface area contributed by atoms with E-state index < -0.39 is 11.2 Å². The van der Waals surface area contributed by atoms with E-state index in [0.29, 0.717) is 27.4 Å². The molecule has 2 aromatic carbocycles. The summed E-state index contributed by atoms with van der Waals surface area (Å²) in [4.78, 5) is 39.5. The zero-order valence-corrected chi connectivity index (χ0v) is 21.6. The summed E-state index contributed by atoms with van der Waals surface area (Å²) in [6.07, 6.45) is 0. The molecule has 0 amide bonds. The number of ketones is 1. The smallest absolute Gasteiger partial charge is 0.331 e. The fourth-order valence-electron chi connectivity index (χ4n) is 3.59. The van der Waals surface area contributed by atoms with Gasteiger partial charge in [0.25, 0.3) is 5.56 Å². The number of hydrogen-bond acceptors (Lipinski definition) is 7. The molecule has 0 spiro atoms. The highest BCUT2D eigenvalue weighted by molar-refractivity contribution is 9.10. The van der Waals surface area contributed by atoms with E-state index in [9.17, 15) is 14.4 Å². The quantitative estimate of drug-likeness (QED) is 0.300. The Bertz CT molecular complexity index is 1470. The van der Waals surface area contributed by atoms with E-state index in [4.69, 9.17) is 9.47 Å². The van der Waals surface area contributed by atoms with E-state index in [-0.39, 0.29) is 25.5 Å². The lowest BCUT2D eigenvalue weighted by atomic mass is 10.2. The molecule has 10 heteroatoms. The van der Waals surface area contributed by atoms with Gasteiger partial charge < -0.3 is 14.8 Å². The molecule has 1 N–H and O–H groups in total. The fraction of sp³-hybridized carbons (Fsp3) is 0.240. The lowest BCUT2D eigenvalue weighted by Gasteiger charge is -2.10. The van der Waals surface area contributed by atoms with Crippen molar-refractivity contribution in [3.8, 4) is 11.5 Å². The number of rotatable bonds is 10. The Morgan fingerprint density at radius 2 is 1.86 bits per heavy atom. The van der Waals surface area contributed by atoms with Gasteiger partial charge in [-0.15, -0.1) is 11.3 Å². The maximum atomic E-state index is 13.0. The summed E-state index contributed by atoms with van der Waals surface area (Å²) in [6, 6.07) is 16.5. The summed E-state index contributed by atoms with van der Waals surface area (Å²) in [6.45, 7) is 0.857. The van der Waals surface area contributed by atoms with Gasteiger partial charge in [-0.3, -0.25) is 18.7 Å². The Labute approximate surface area is 213 Å². The zero-order valence-electron chi connectivity index (χ0n) is 19.2. The molecule has 0 bridgehead atoms. The van der Waals surface area contributed by atoms with Crippen LogP contribution in [0.5, 0.6) is 11.5 Å². The second-order valence-corrected chi connectivity index (χ2v) is 9.75. The number of aromatic nitrogens is 2. The predicted molar refractivity (Wildman–Crippen MR) is 140 cm³/mol. The maximum absolute atomic E-state index is 13.0. The molecule has 0 aliphatic heterocycles. The third-order valence-electron chi connectivity index (χ3n) is 5.43. The van der Waals surface area contributed by atoms with Crippen molar-refractivity contribution >= 4 is 43.3 Å². The number of nitrogens with zero attached hydrogens (tertiary/aromatic N) is 2.